The first-order chi connectivity index (χ1) is 7.51. The summed E-state index contributed by atoms with van der Waals surface area (Å²) in [6.45, 7) is 1.81. The number of carbonyl (C=O) groups is 1. The highest BCUT2D eigenvalue weighted by molar-refractivity contribution is 6.30. The molecule has 0 fully saturated rings. The van der Waals surface area contributed by atoms with Crippen LogP contribution in [-0.2, 0) is 16.0 Å². The zero-order chi connectivity index (χ0) is 12.2. The second-order valence-corrected chi connectivity index (χ2v) is 4.31. The summed E-state index contributed by atoms with van der Waals surface area (Å²) in [5.41, 5.74) is 0.328. The van der Waals surface area contributed by atoms with Crippen molar-refractivity contribution in [3.63, 3.8) is 0 Å². The van der Waals surface area contributed by atoms with Gasteiger partial charge in [0, 0.05) is 11.4 Å². The standard InChI is InChI=1S/C12H16ClNO2/c1-12(14-2,11(15)16-3)8-9-4-6-10(13)7-5-9/h4-7,14H,8H2,1-3H3. The van der Waals surface area contributed by atoms with E-state index in [1.165, 1.54) is 7.11 Å². The van der Waals surface area contributed by atoms with Crippen molar-refractivity contribution in [3.05, 3.63) is 34.9 Å². The molecule has 0 aliphatic rings. The SMILES string of the molecule is CNC(C)(Cc1ccc(Cl)cc1)C(=O)OC. The van der Waals surface area contributed by atoms with E-state index in [4.69, 9.17) is 16.3 Å². The van der Waals surface area contributed by atoms with Gasteiger partial charge in [-0.25, -0.2) is 0 Å². The number of esters is 1. The van der Waals surface area contributed by atoms with E-state index in [-0.39, 0.29) is 5.97 Å². The van der Waals surface area contributed by atoms with Gasteiger partial charge in [-0.2, -0.15) is 0 Å². The Morgan fingerprint density at radius 1 is 1.44 bits per heavy atom. The molecule has 1 rings (SSSR count). The molecular weight excluding hydrogens is 226 g/mol. The predicted octanol–water partition coefficient (Wildman–Crippen LogP) is 2.03. The topological polar surface area (TPSA) is 38.3 Å². The molecule has 1 N–H and O–H groups in total. The Morgan fingerprint density at radius 3 is 2.44 bits per heavy atom. The maximum Gasteiger partial charge on any atom is 0.326 e. The van der Waals surface area contributed by atoms with Crippen molar-refractivity contribution in [2.24, 2.45) is 0 Å². The van der Waals surface area contributed by atoms with Crippen LogP contribution < -0.4 is 5.32 Å². The van der Waals surface area contributed by atoms with Crippen molar-refractivity contribution in [1.82, 2.24) is 5.32 Å². The van der Waals surface area contributed by atoms with Crippen molar-refractivity contribution in [2.75, 3.05) is 14.2 Å². The highest BCUT2D eigenvalue weighted by atomic mass is 35.5. The lowest BCUT2D eigenvalue weighted by atomic mass is 9.93. The Hall–Kier alpha value is -1.06. The average Bonchev–Trinajstić information content (AvgIpc) is 2.31. The second-order valence-electron chi connectivity index (χ2n) is 3.88. The van der Waals surface area contributed by atoms with E-state index < -0.39 is 5.54 Å². The van der Waals surface area contributed by atoms with E-state index in [1.807, 2.05) is 31.2 Å². The molecule has 0 aromatic heterocycles. The molecular formula is C12H16ClNO2. The lowest BCUT2D eigenvalue weighted by molar-refractivity contribution is -0.147. The minimum Gasteiger partial charge on any atom is -0.468 e. The summed E-state index contributed by atoms with van der Waals surface area (Å²) in [6, 6.07) is 7.43. The number of ether oxygens (including phenoxy) is 1. The fourth-order valence-electron chi connectivity index (χ4n) is 1.50. The molecule has 1 aromatic rings. The van der Waals surface area contributed by atoms with E-state index >= 15 is 0 Å². The number of methoxy groups -OCH3 is 1. The summed E-state index contributed by atoms with van der Waals surface area (Å²) in [4.78, 5) is 11.6. The number of hydrogen-bond donors (Lipinski definition) is 1. The first kappa shape index (κ1) is 13.0. The van der Waals surface area contributed by atoms with Gasteiger partial charge >= 0.3 is 5.97 Å². The summed E-state index contributed by atoms with van der Waals surface area (Å²) in [6.07, 6.45) is 0.563. The van der Waals surface area contributed by atoms with Gasteiger partial charge in [0.25, 0.3) is 0 Å². The first-order valence-corrected chi connectivity index (χ1v) is 5.41. The van der Waals surface area contributed by atoms with Crippen LogP contribution >= 0.6 is 11.6 Å². The number of nitrogens with one attached hydrogen (secondary N) is 1. The molecule has 1 aromatic carbocycles. The molecule has 0 aliphatic heterocycles. The Balaban J connectivity index is 2.84. The van der Waals surface area contributed by atoms with Crippen LogP contribution in [0.3, 0.4) is 0 Å². The molecule has 1 atom stereocenters. The molecule has 0 aliphatic carbocycles. The fraction of sp³-hybridized carbons (Fsp3) is 0.417. The molecule has 16 heavy (non-hydrogen) atoms. The van der Waals surface area contributed by atoms with Crippen LogP contribution in [0.15, 0.2) is 24.3 Å². The zero-order valence-corrected chi connectivity index (χ0v) is 10.5. The van der Waals surface area contributed by atoms with Crippen LogP contribution in [0, 0.1) is 0 Å². The van der Waals surface area contributed by atoms with Gasteiger partial charge in [-0.15, -0.1) is 0 Å². The van der Waals surface area contributed by atoms with Crippen molar-refractivity contribution in [3.8, 4) is 0 Å². The van der Waals surface area contributed by atoms with Crippen LogP contribution in [0.25, 0.3) is 0 Å². The quantitative estimate of drug-likeness (QED) is 0.820. The van der Waals surface area contributed by atoms with Crippen LogP contribution in [0.1, 0.15) is 12.5 Å². The normalized spacial score (nSPS) is 14.2. The summed E-state index contributed by atoms with van der Waals surface area (Å²) >= 11 is 5.80. The Kier molecular flexibility index (Phi) is 4.33. The summed E-state index contributed by atoms with van der Waals surface area (Å²) in [5, 5.41) is 3.67. The molecule has 4 heteroatoms. The van der Waals surface area contributed by atoms with E-state index in [9.17, 15) is 4.79 Å². The second kappa shape index (κ2) is 5.32. The van der Waals surface area contributed by atoms with Crippen LogP contribution in [0.2, 0.25) is 5.02 Å². The molecule has 0 saturated carbocycles. The smallest absolute Gasteiger partial charge is 0.326 e. The number of hydrogen-bond acceptors (Lipinski definition) is 3. The van der Waals surface area contributed by atoms with Crippen LogP contribution in [0.4, 0.5) is 0 Å². The molecule has 0 radical (unpaired) electrons. The number of carbonyl (C=O) groups excluding carboxylic acids is 1. The monoisotopic (exact) mass is 241 g/mol. The third-order valence-corrected chi connectivity index (χ3v) is 2.91. The first-order valence-electron chi connectivity index (χ1n) is 5.03. The van der Waals surface area contributed by atoms with Gasteiger partial charge in [0.1, 0.15) is 5.54 Å². The van der Waals surface area contributed by atoms with Crippen molar-refractivity contribution in [1.29, 1.82) is 0 Å². The summed E-state index contributed by atoms with van der Waals surface area (Å²) in [7, 11) is 3.13. The summed E-state index contributed by atoms with van der Waals surface area (Å²) in [5.74, 6) is -0.273. The van der Waals surface area contributed by atoms with Crippen molar-refractivity contribution < 1.29 is 9.53 Å². The van der Waals surface area contributed by atoms with Gasteiger partial charge in [0.2, 0.25) is 0 Å². The highest BCUT2D eigenvalue weighted by Crippen LogP contribution is 2.17. The van der Waals surface area contributed by atoms with Gasteiger partial charge in [-0.05, 0) is 31.7 Å². The summed E-state index contributed by atoms with van der Waals surface area (Å²) < 4.78 is 4.77. The molecule has 0 bridgehead atoms. The van der Waals surface area contributed by atoms with E-state index in [1.54, 1.807) is 7.05 Å². The maximum absolute atomic E-state index is 11.6. The van der Waals surface area contributed by atoms with Gasteiger partial charge in [0.15, 0.2) is 0 Å². The average molecular weight is 242 g/mol. The molecule has 88 valence electrons. The predicted molar refractivity (Wildman–Crippen MR) is 64.6 cm³/mol. The number of rotatable bonds is 4. The number of benzene rings is 1. The Bertz CT molecular complexity index is 364. The molecule has 0 amide bonds. The molecule has 0 saturated heterocycles. The minimum atomic E-state index is -0.706. The Labute approximate surface area is 101 Å². The van der Waals surface area contributed by atoms with Crippen LogP contribution in [-0.4, -0.2) is 25.7 Å². The van der Waals surface area contributed by atoms with E-state index in [0.29, 0.717) is 11.4 Å². The number of likely N-dealkylation sites (N-methyl/N-ethyl adjacent to an activating group) is 1. The fourth-order valence-corrected chi connectivity index (χ4v) is 1.62. The van der Waals surface area contributed by atoms with Crippen molar-refractivity contribution >= 4 is 17.6 Å². The lowest BCUT2D eigenvalue weighted by Crippen LogP contribution is -2.50. The molecule has 3 nitrogen and oxygen atoms in total. The third-order valence-electron chi connectivity index (χ3n) is 2.66. The number of halogens is 1. The maximum atomic E-state index is 11.6. The van der Waals surface area contributed by atoms with Crippen molar-refractivity contribution in [2.45, 2.75) is 18.9 Å². The van der Waals surface area contributed by atoms with E-state index in [2.05, 4.69) is 5.32 Å². The zero-order valence-electron chi connectivity index (χ0n) is 9.71. The lowest BCUT2D eigenvalue weighted by Gasteiger charge is -2.26. The largest absolute Gasteiger partial charge is 0.468 e. The molecule has 0 heterocycles. The van der Waals surface area contributed by atoms with Gasteiger partial charge in [-0.3, -0.25) is 4.79 Å². The minimum absolute atomic E-state index is 0.273. The van der Waals surface area contributed by atoms with Gasteiger partial charge in [0.05, 0.1) is 7.11 Å². The van der Waals surface area contributed by atoms with E-state index in [0.717, 1.165) is 5.56 Å². The van der Waals surface area contributed by atoms with Crippen LogP contribution in [0.5, 0.6) is 0 Å². The third kappa shape index (κ3) is 2.97. The van der Waals surface area contributed by atoms with Gasteiger partial charge in [-0.1, -0.05) is 23.7 Å². The van der Waals surface area contributed by atoms with Gasteiger partial charge < -0.3 is 10.1 Å². The molecule has 0 spiro atoms. The highest BCUT2D eigenvalue weighted by Gasteiger charge is 2.32. The Morgan fingerprint density at radius 2 is 2.00 bits per heavy atom. The molecule has 1 unspecified atom stereocenters.